The number of halogens is 1. The maximum absolute atomic E-state index is 12.5. The molecular formula is C24H24ClN3O. The first-order valence-electron chi connectivity index (χ1n) is 9.67. The van der Waals surface area contributed by atoms with Gasteiger partial charge < -0.3 is 4.57 Å². The van der Waals surface area contributed by atoms with Gasteiger partial charge in [-0.25, -0.2) is 4.98 Å². The Labute approximate surface area is 175 Å². The summed E-state index contributed by atoms with van der Waals surface area (Å²) in [6, 6.07) is 17.8. The molecule has 0 saturated heterocycles. The molecule has 0 unspecified atom stereocenters. The van der Waals surface area contributed by atoms with Crippen LogP contribution in [0.15, 0.2) is 65.6 Å². The highest BCUT2D eigenvalue weighted by Crippen LogP contribution is 2.24. The molecule has 0 spiro atoms. The molecule has 2 aromatic carbocycles. The van der Waals surface area contributed by atoms with Gasteiger partial charge in [0.2, 0.25) is 5.78 Å². The van der Waals surface area contributed by atoms with Gasteiger partial charge in [0, 0.05) is 28.5 Å². The molecule has 0 radical (unpaired) electrons. The van der Waals surface area contributed by atoms with Crippen LogP contribution in [0.5, 0.6) is 0 Å². The molecule has 2 heterocycles. The Hall–Kier alpha value is -2.85. The second-order valence-electron chi connectivity index (χ2n) is 8.46. The molecule has 5 heteroatoms. The lowest BCUT2D eigenvalue weighted by atomic mass is 9.87. The first-order chi connectivity index (χ1) is 13.7. The summed E-state index contributed by atoms with van der Waals surface area (Å²) in [5, 5.41) is 0.673. The molecule has 0 saturated carbocycles. The molecule has 0 amide bonds. The quantitative estimate of drug-likeness (QED) is 0.453. The summed E-state index contributed by atoms with van der Waals surface area (Å²) in [5.41, 5.74) is 5.07. The summed E-state index contributed by atoms with van der Waals surface area (Å²) in [6.45, 7) is 9.22. The second kappa shape index (κ2) is 7.20. The van der Waals surface area contributed by atoms with E-state index in [-0.39, 0.29) is 11.0 Å². The van der Waals surface area contributed by atoms with Crippen molar-refractivity contribution in [1.82, 2.24) is 14.0 Å². The van der Waals surface area contributed by atoms with Gasteiger partial charge in [0.25, 0.3) is 5.56 Å². The number of aryl methyl sites for hydroxylation is 1. The Morgan fingerprint density at radius 2 is 1.66 bits per heavy atom. The van der Waals surface area contributed by atoms with Crippen molar-refractivity contribution >= 4 is 17.4 Å². The molecule has 4 aromatic rings. The maximum Gasteiger partial charge on any atom is 0.259 e. The molecule has 0 atom stereocenters. The van der Waals surface area contributed by atoms with Crippen LogP contribution >= 0.6 is 11.6 Å². The maximum atomic E-state index is 12.5. The molecule has 29 heavy (non-hydrogen) atoms. The van der Waals surface area contributed by atoms with Gasteiger partial charge >= 0.3 is 0 Å². The number of hydrogen-bond donors (Lipinski definition) is 0. The average Bonchev–Trinajstić information content (AvgIpc) is 3.11. The minimum atomic E-state index is -0.0791. The average molecular weight is 406 g/mol. The third-order valence-electron chi connectivity index (χ3n) is 5.22. The zero-order valence-corrected chi connectivity index (χ0v) is 17.9. The van der Waals surface area contributed by atoms with Gasteiger partial charge in [-0.15, -0.1) is 0 Å². The lowest BCUT2D eigenvalue weighted by Crippen LogP contribution is -2.19. The highest BCUT2D eigenvalue weighted by molar-refractivity contribution is 6.30. The highest BCUT2D eigenvalue weighted by Gasteiger charge is 2.15. The molecule has 0 fully saturated rings. The molecule has 4 rings (SSSR count). The number of rotatable bonds is 3. The van der Waals surface area contributed by atoms with E-state index in [4.69, 9.17) is 16.6 Å². The Kier molecular flexibility index (Phi) is 4.83. The third-order valence-corrected chi connectivity index (χ3v) is 5.48. The van der Waals surface area contributed by atoms with E-state index < -0.39 is 0 Å². The zero-order valence-electron chi connectivity index (χ0n) is 17.1. The van der Waals surface area contributed by atoms with E-state index in [2.05, 4.69) is 49.6 Å². The number of fused-ring (bicyclic) bond motifs is 1. The van der Waals surface area contributed by atoms with Gasteiger partial charge in [-0.3, -0.25) is 9.20 Å². The Morgan fingerprint density at radius 1 is 1.00 bits per heavy atom. The largest absolute Gasteiger partial charge is 0.311 e. The van der Waals surface area contributed by atoms with Gasteiger partial charge in [0.15, 0.2) is 0 Å². The van der Waals surface area contributed by atoms with Crippen LogP contribution in [-0.2, 0) is 12.0 Å². The topological polar surface area (TPSA) is 39.3 Å². The molecule has 148 valence electrons. The van der Waals surface area contributed by atoms with Crippen LogP contribution in [0.25, 0.3) is 17.0 Å². The van der Waals surface area contributed by atoms with Crippen molar-refractivity contribution in [2.45, 2.75) is 39.7 Å². The number of aromatic nitrogens is 3. The summed E-state index contributed by atoms with van der Waals surface area (Å²) >= 11 is 6.00. The van der Waals surface area contributed by atoms with Crippen molar-refractivity contribution in [1.29, 1.82) is 0 Å². The minimum Gasteiger partial charge on any atom is -0.311 e. The standard InChI is InChI=1S/C24H24ClN3O/c1-16-13-22(29)28-15-21(18-7-11-20(25)12-8-18)26-23(28)27(16)14-17-5-9-19(10-6-17)24(2,3)4/h5-13,15H,14H2,1-4H3. The monoisotopic (exact) mass is 405 g/mol. The summed E-state index contributed by atoms with van der Waals surface area (Å²) in [5.74, 6) is 0.639. The molecule has 0 bridgehead atoms. The van der Waals surface area contributed by atoms with E-state index in [0.29, 0.717) is 17.3 Å². The predicted octanol–water partition coefficient (Wildman–Crippen LogP) is 5.47. The summed E-state index contributed by atoms with van der Waals surface area (Å²) in [6.07, 6.45) is 1.79. The van der Waals surface area contributed by atoms with Crippen LogP contribution in [0.3, 0.4) is 0 Å². The first kappa shape index (κ1) is 19.5. The molecular weight excluding hydrogens is 382 g/mol. The van der Waals surface area contributed by atoms with E-state index >= 15 is 0 Å². The van der Waals surface area contributed by atoms with Gasteiger partial charge in [-0.05, 0) is 35.6 Å². The SMILES string of the molecule is Cc1cc(=O)n2cc(-c3ccc(Cl)cc3)nc2n1Cc1ccc(C(C)(C)C)cc1. The fourth-order valence-electron chi connectivity index (χ4n) is 3.45. The number of imidazole rings is 1. The van der Waals surface area contributed by atoms with Crippen LogP contribution in [0.2, 0.25) is 5.02 Å². The summed E-state index contributed by atoms with van der Waals surface area (Å²) < 4.78 is 3.69. The minimum absolute atomic E-state index is 0.0791. The third kappa shape index (κ3) is 3.85. The number of hydrogen-bond acceptors (Lipinski definition) is 2. The molecule has 0 aliphatic carbocycles. The van der Waals surface area contributed by atoms with Crippen LogP contribution in [-0.4, -0.2) is 14.0 Å². The molecule has 0 N–H and O–H groups in total. The predicted molar refractivity (Wildman–Crippen MR) is 119 cm³/mol. The van der Waals surface area contributed by atoms with Crippen molar-refractivity contribution in [2.24, 2.45) is 0 Å². The molecule has 0 aliphatic heterocycles. The van der Waals surface area contributed by atoms with Gasteiger partial charge in [0.1, 0.15) is 0 Å². The number of benzene rings is 2. The van der Waals surface area contributed by atoms with E-state index in [1.165, 1.54) is 11.1 Å². The zero-order chi connectivity index (χ0) is 20.8. The van der Waals surface area contributed by atoms with Crippen molar-refractivity contribution in [3.05, 3.63) is 93.0 Å². The van der Waals surface area contributed by atoms with Gasteiger partial charge in [0.05, 0.1) is 12.2 Å². The Bertz CT molecular complexity index is 1230. The van der Waals surface area contributed by atoms with E-state index in [1.54, 1.807) is 16.7 Å². The van der Waals surface area contributed by atoms with E-state index in [1.807, 2.05) is 31.2 Å². The Morgan fingerprint density at radius 3 is 2.28 bits per heavy atom. The van der Waals surface area contributed by atoms with Gasteiger partial charge in [-0.2, -0.15) is 0 Å². The van der Waals surface area contributed by atoms with Crippen molar-refractivity contribution in [3.63, 3.8) is 0 Å². The normalized spacial score (nSPS) is 11.9. The van der Waals surface area contributed by atoms with E-state index in [9.17, 15) is 4.79 Å². The van der Waals surface area contributed by atoms with Crippen molar-refractivity contribution < 1.29 is 0 Å². The lowest BCUT2D eigenvalue weighted by molar-refractivity contribution is 0.589. The molecule has 4 nitrogen and oxygen atoms in total. The van der Waals surface area contributed by atoms with Crippen LogP contribution < -0.4 is 5.56 Å². The first-order valence-corrected chi connectivity index (χ1v) is 10.0. The lowest BCUT2D eigenvalue weighted by Gasteiger charge is -2.19. The van der Waals surface area contributed by atoms with Crippen LogP contribution in [0, 0.1) is 6.92 Å². The van der Waals surface area contributed by atoms with Crippen LogP contribution in [0.1, 0.15) is 37.6 Å². The Balaban J connectivity index is 1.78. The smallest absolute Gasteiger partial charge is 0.259 e. The highest BCUT2D eigenvalue weighted by atomic mass is 35.5. The summed E-state index contributed by atoms with van der Waals surface area (Å²) in [7, 11) is 0. The van der Waals surface area contributed by atoms with Crippen molar-refractivity contribution in [3.8, 4) is 11.3 Å². The summed E-state index contributed by atoms with van der Waals surface area (Å²) in [4.78, 5) is 17.3. The van der Waals surface area contributed by atoms with Gasteiger partial charge in [-0.1, -0.05) is 68.8 Å². The second-order valence-corrected chi connectivity index (χ2v) is 8.90. The fraction of sp³-hybridized carbons (Fsp3) is 0.250. The molecule has 0 aliphatic rings. The molecule has 2 aromatic heterocycles. The fourth-order valence-corrected chi connectivity index (χ4v) is 3.58. The van der Waals surface area contributed by atoms with E-state index in [0.717, 1.165) is 17.0 Å². The van der Waals surface area contributed by atoms with Crippen molar-refractivity contribution in [2.75, 3.05) is 0 Å². The van der Waals surface area contributed by atoms with Crippen LogP contribution in [0.4, 0.5) is 0 Å². The number of nitrogens with zero attached hydrogens (tertiary/aromatic N) is 3.